The number of allylic oxidation sites excluding steroid dienone is 1. The minimum atomic E-state index is -0.892. The molecule has 0 saturated heterocycles. The molecule has 0 aliphatic rings. The fourth-order valence-corrected chi connectivity index (χ4v) is 2.00. The van der Waals surface area contributed by atoms with Gasteiger partial charge in [-0.3, -0.25) is 9.59 Å². The third-order valence-electron chi connectivity index (χ3n) is 3.18. The molecule has 4 nitrogen and oxygen atoms in total. The molecule has 0 aliphatic heterocycles. The van der Waals surface area contributed by atoms with Crippen molar-refractivity contribution in [2.24, 2.45) is 0 Å². The van der Waals surface area contributed by atoms with Crippen molar-refractivity contribution in [1.82, 2.24) is 0 Å². The van der Waals surface area contributed by atoms with Crippen LogP contribution in [0.2, 0.25) is 0 Å². The number of hydrogen-bond donors (Lipinski definition) is 0. The molecular formula is C19H15FO4. The Bertz CT molecular complexity index is 777. The molecule has 0 unspecified atom stereocenters. The van der Waals surface area contributed by atoms with Crippen LogP contribution in [0.15, 0.2) is 66.2 Å². The maximum atomic E-state index is 13.0. The highest BCUT2D eigenvalue weighted by Gasteiger charge is 2.22. The van der Waals surface area contributed by atoms with Crippen molar-refractivity contribution >= 4 is 17.5 Å². The summed E-state index contributed by atoms with van der Waals surface area (Å²) in [5.74, 6) is -2.59. The Balaban J connectivity index is 2.39. The van der Waals surface area contributed by atoms with Crippen LogP contribution in [0.4, 0.5) is 4.39 Å². The summed E-state index contributed by atoms with van der Waals surface area (Å²) in [7, 11) is 0. The van der Waals surface area contributed by atoms with Crippen LogP contribution in [0, 0.1) is 5.82 Å². The van der Waals surface area contributed by atoms with Gasteiger partial charge in [0.1, 0.15) is 11.4 Å². The van der Waals surface area contributed by atoms with Gasteiger partial charge in [0.15, 0.2) is 11.6 Å². The van der Waals surface area contributed by atoms with Crippen molar-refractivity contribution in [3.05, 3.63) is 83.2 Å². The molecule has 2 aromatic rings. The van der Waals surface area contributed by atoms with Gasteiger partial charge in [0.25, 0.3) is 0 Å². The summed E-state index contributed by atoms with van der Waals surface area (Å²) >= 11 is 0. The normalized spacial score (nSPS) is 11.0. The molecular weight excluding hydrogens is 311 g/mol. The molecule has 2 aromatic carbocycles. The summed E-state index contributed by atoms with van der Waals surface area (Å²) in [4.78, 5) is 36.8. The largest absolute Gasteiger partial charge is 0.462 e. The Morgan fingerprint density at radius 1 is 0.958 bits per heavy atom. The second kappa shape index (κ2) is 7.97. The zero-order valence-electron chi connectivity index (χ0n) is 13.0. The molecule has 0 radical (unpaired) electrons. The molecule has 0 atom stereocenters. The SMILES string of the molecule is CCOC(=O)/C(=C\C(=O)c1ccccc1)C(=O)c1ccc(F)cc1. The lowest BCUT2D eigenvalue weighted by Crippen LogP contribution is -2.18. The lowest BCUT2D eigenvalue weighted by Gasteiger charge is -2.06. The number of halogens is 1. The summed E-state index contributed by atoms with van der Waals surface area (Å²) < 4.78 is 17.8. The highest BCUT2D eigenvalue weighted by atomic mass is 19.1. The van der Waals surface area contributed by atoms with Crippen molar-refractivity contribution in [3.63, 3.8) is 0 Å². The van der Waals surface area contributed by atoms with E-state index in [2.05, 4.69) is 0 Å². The van der Waals surface area contributed by atoms with Crippen molar-refractivity contribution in [2.45, 2.75) is 6.92 Å². The lowest BCUT2D eigenvalue weighted by molar-refractivity contribution is -0.138. The zero-order chi connectivity index (χ0) is 17.5. The predicted octanol–water partition coefficient (Wildman–Crippen LogP) is 3.38. The standard InChI is InChI=1S/C19H15FO4/c1-2-24-19(23)16(12-17(21)13-6-4-3-5-7-13)18(22)14-8-10-15(20)11-9-14/h3-12H,2H2,1H3/b16-12-. The maximum absolute atomic E-state index is 13.0. The third-order valence-corrected chi connectivity index (χ3v) is 3.18. The second-order valence-electron chi connectivity index (χ2n) is 4.84. The summed E-state index contributed by atoms with van der Waals surface area (Å²) in [6.45, 7) is 1.66. The van der Waals surface area contributed by atoms with Crippen LogP contribution >= 0.6 is 0 Å². The van der Waals surface area contributed by atoms with Crippen molar-refractivity contribution in [1.29, 1.82) is 0 Å². The van der Waals surface area contributed by atoms with E-state index in [1.54, 1.807) is 37.3 Å². The molecule has 24 heavy (non-hydrogen) atoms. The average molecular weight is 326 g/mol. The quantitative estimate of drug-likeness (QED) is 0.268. The minimum absolute atomic E-state index is 0.0619. The van der Waals surface area contributed by atoms with E-state index in [1.165, 1.54) is 12.1 Å². The third kappa shape index (κ3) is 4.23. The molecule has 0 aromatic heterocycles. The van der Waals surface area contributed by atoms with Gasteiger partial charge in [0, 0.05) is 17.2 Å². The highest BCUT2D eigenvalue weighted by molar-refractivity contribution is 6.27. The Morgan fingerprint density at radius 3 is 2.17 bits per heavy atom. The second-order valence-corrected chi connectivity index (χ2v) is 4.84. The van der Waals surface area contributed by atoms with Crippen LogP contribution in [-0.4, -0.2) is 24.1 Å². The number of Topliss-reactive ketones (excluding diaryl/α,β-unsaturated/α-hetero) is 1. The highest BCUT2D eigenvalue weighted by Crippen LogP contribution is 2.13. The minimum Gasteiger partial charge on any atom is -0.462 e. The number of rotatable bonds is 6. The molecule has 0 amide bonds. The van der Waals surface area contributed by atoms with Gasteiger partial charge in [0.05, 0.1) is 6.61 Å². The van der Waals surface area contributed by atoms with Crippen molar-refractivity contribution in [3.8, 4) is 0 Å². The van der Waals surface area contributed by atoms with Crippen LogP contribution < -0.4 is 0 Å². The predicted molar refractivity (Wildman–Crippen MR) is 86.2 cm³/mol. The van der Waals surface area contributed by atoms with Crippen LogP contribution in [0.1, 0.15) is 27.6 Å². The lowest BCUT2D eigenvalue weighted by atomic mass is 10.0. The van der Waals surface area contributed by atoms with Gasteiger partial charge in [-0.2, -0.15) is 0 Å². The molecule has 0 saturated carbocycles. The Labute approximate surface area is 138 Å². The van der Waals surface area contributed by atoms with Crippen molar-refractivity contribution < 1.29 is 23.5 Å². The van der Waals surface area contributed by atoms with E-state index in [-0.39, 0.29) is 12.2 Å². The first-order valence-electron chi connectivity index (χ1n) is 7.31. The molecule has 0 N–H and O–H groups in total. The Morgan fingerprint density at radius 2 is 1.58 bits per heavy atom. The molecule has 0 heterocycles. The van der Waals surface area contributed by atoms with Crippen LogP contribution in [0.25, 0.3) is 0 Å². The number of carbonyl (C=O) groups excluding carboxylic acids is 3. The van der Waals surface area contributed by atoms with Gasteiger partial charge in [-0.15, -0.1) is 0 Å². The van der Waals surface area contributed by atoms with E-state index < -0.39 is 28.9 Å². The van der Waals surface area contributed by atoms with Gasteiger partial charge in [-0.1, -0.05) is 30.3 Å². The van der Waals surface area contributed by atoms with Gasteiger partial charge in [0.2, 0.25) is 0 Å². The fourth-order valence-electron chi connectivity index (χ4n) is 2.00. The van der Waals surface area contributed by atoms with E-state index in [0.29, 0.717) is 5.56 Å². The first-order valence-corrected chi connectivity index (χ1v) is 7.31. The molecule has 2 rings (SSSR count). The molecule has 0 aliphatic carbocycles. The molecule has 0 spiro atoms. The van der Waals surface area contributed by atoms with Crippen LogP contribution in [-0.2, 0) is 9.53 Å². The first-order chi connectivity index (χ1) is 11.5. The summed E-state index contributed by atoms with van der Waals surface area (Å²) in [5, 5.41) is 0. The summed E-state index contributed by atoms with van der Waals surface area (Å²) in [6.07, 6.45) is 0.957. The van der Waals surface area contributed by atoms with Gasteiger partial charge < -0.3 is 4.74 Å². The summed E-state index contributed by atoms with van der Waals surface area (Å²) in [6, 6.07) is 12.9. The number of ether oxygens (including phenoxy) is 1. The number of ketones is 2. The van der Waals surface area contributed by atoms with Gasteiger partial charge in [-0.25, -0.2) is 9.18 Å². The van der Waals surface area contributed by atoms with Crippen molar-refractivity contribution in [2.75, 3.05) is 6.61 Å². The van der Waals surface area contributed by atoms with Crippen LogP contribution in [0.5, 0.6) is 0 Å². The van der Waals surface area contributed by atoms with E-state index in [9.17, 15) is 18.8 Å². The van der Waals surface area contributed by atoms with E-state index >= 15 is 0 Å². The smallest absolute Gasteiger partial charge is 0.342 e. The fraction of sp³-hybridized carbons (Fsp3) is 0.105. The summed E-state index contributed by atoms with van der Waals surface area (Å²) in [5.41, 5.74) is 0.0417. The molecule has 0 fully saturated rings. The van der Waals surface area contributed by atoms with E-state index in [1.807, 2.05) is 0 Å². The number of benzene rings is 2. The molecule has 122 valence electrons. The zero-order valence-corrected chi connectivity index (χ0v) is 13.0. The van der Waals surface area contributed by atoms with Gasteiger partial charge in [-0.05, 0) is 31.2 Å². The van der Waals surface area contributed by atoms with E-state index in [4.69, 9.17) is 4.74 Å². The van der Waals surface area contributed by atoms with Gasteiger partial charge >= 0.3 is 5.97 Å². The monoisotopic (exact) mass is 326 g/mol. The first kappa shape index (κ1) is 17.3. The Hall–Kier alpha value is -3.08. The van der Waals surface area contributed by atoms with Crippen LogP contribution in [0.3, 0.4) is 0 Å². The molecule has 5 heteroatoms. The Kier molecular flexibility index (Phi) is 5.73. The number of esters is 1. The van der Waals surface area contributed by atoms with E-state index in [0.717, 1.165) is 18.2 Å². The average Bonchev–Trinajstić information content (AvgIpc) is 2.60. The topological polar surface area (TPSA) is 60.4 Å². The number of carbonyl (C=O) groups is 3. The molecule has 0 bridgehead atoms. The number of hydrogen-bond acceptors (Lipinski definition) is 4. The maximum Gasteiger partial charge on any atom is 0.342 e.